The van der Waals surface area contributed by atoms with Gasteiger partial charge in [0.15, 0.2) is 0 Å². The van der Waals surface area contributed by atoms with Gasteiger partial charge in [-0.1, -0.05) is 54.6 Å². The third-order valence-electron chi connectivity index (χ3n) is 4.76. The lowest BCUT2D eigenvalue weighted by Gasteiger charge is -2.33. The van der Waals surface area contributed by atoms with Crippen LogP contribution in [0.25, 0.3) is 0 Å². The Morgan fingerprint density at radius 2 is 1.43 bits per heavy atom. The molecule has 37 heavy (non-hydrogen) atoms. The Bertz CT molecular complexity index is 1060. The summed E-state index contributed by atoms with van der Waals surface area (Å²) in [7, 11) is -2.99. The van der Waals surface area contributed by atoms with E-state index in [0.717, 1.165) is 5.56 Å². The highest BCUT2D eigenvalue weighted by Gasteiger charge is 2.44. The van der Waals surface area contributed by atoms with Gasteiger partial charge >= 0.3 is 19.7 Å². The lowest BCUT2D eigenvalue weighted by molar-refractivity contribution is -0.143. The van der Waals surface area contributed by atoms with Gasteiger partial charge in [0.2, 0.25) is 5.91 Å². The van der Waals surface area contributed by atoms with Gasteiger partial charge in [0.05, 0.1) is 18.3 Å². The smallest absolute Gasteiger partial charge is 0.408 e. The minimum absolute atomic E-state index is 0.0421. The van der Waals surface area contributed by atoms with E-state index >= 15 is 4.39 Å². The summed E-state index contributed by atoms with van der Waals surface area (Å²) in [6, 6.07) is 14.1. The molecule has 8 nitrogen and oxygen atoms in total. The van der Waals surface area contributed by atoms with Crippen LogP contribution in [0.4, 0.5) is 9.18 Å². The van der Waals surface area contributed by atoms with Crippen LogP contribution in [0.3, 0.4) is 0 Å². The van der Waals surface area contributed by atoms with Gasteiger partial charge in [-0.15, -0.1) is 0 Å². The highest BCUT2D eigenvalue weighted by Crippen LogP contribution is 2.65. The van der Waals surface area contributed by atoms with E-state index in [4.69, 9.17) is 18.5 Å². The van der Waals surface area contributed by atoms with E-state index in [9.17, 15) is 14.2 Å². The third kappa shape index (κ3) is 10.3. The number of methoxy groups -OCH3 is 1. The standard InChI is InChI=1S/C27H37FNO7P/c1-26(2,3)35-37(32,36-27(4,5)6)23(28)21-15-13-19(14-16-21)17-22(24(30)33-7)29-25(31)34-18-20-11-9-8-10-12-20/h8-16,22-23H,17-18H2,1-7H3,(H,29,31). The Morgan fingerprint density at radius 3 is 1.92 bits per heavy atom. The fourth-order valence-electron chi connectivity index (χ4n) is 3.35. The van der Waals surface area contributed by atoms with Gasteiger partial charge in [0, 0.05) is 6.42 Å². The van der Waals surface area contributed by atoms with E-state index in [2.05, 4.69) is 5.32 Å². The average Bonchev–Trinajstić information content (AvgIpc) is 2.80. The van der Waals surface area contributed by atoms with E-state index in [-0.39, 0.29) is 18.6 Å². The summed E-state index contributed by atoms with van der Waals surface area (Å²) in [5.74, 6) is -2.69. The molecule has 2 unspecified atom stereocenters. The lowest BCUT2D eigenvalue weighted by atomic mass is 10.0. The summed E-state index contributed by atoms with van der Waals surface area (Å²) in [5, 5.41) is 2.51. The van der Waals surface area contributed by atoms with Crippen LogP contribution < -0.4 is 5.32 Å². The fraction of sp³-hybridized carbons (Fsp3) is 0.481. The Kier molecular flexibility index (Phi) is 10.4. The van der Waals surface area contributed by atoms with E-state index in [1.165, 1.54) is 19.2 Å². The number of nitrogens with one attached hydrogen (secondary N) is 1. The van der Waals surface area contributed by atoms with Crippen molar-refractivity contribution in [3.8, 4) is 0 Å². The Labute approximate surface area is 218 Å². The molecule has 10 heteroatoms. The quantitative estimate of drug-likeness (QED) is 0.273. The average molecular weight is 538 g/mol. The number of carbonyl (C=O) groups excluding carboxylic acids is 2. The Balaban J connectivity index is 2.13. The van der Waals surface area contributed by atoms with Crippen molar-refractivity contribution in [2.45, 2.75) is 77.7 Å². The molecular formula is C27H37FNO7P. The van der Waals surface area contributed by atoms with Crippen molar-refractivity contribution in [1.29, 1.82) is 0 Å². The summed E-state index contributed by atoms with van der Waals surface area (Å²) in [6.07, 6.45) is -0.710. The number of halogens is 1. The Hall–Kier alpha value is -2.74. The molecule has 0 aliphatic rings. The van der Waals surface area contributed by atoms with Crippen molar-refractivity contribution in [1.82, 2.24) is 5.32 Å². The molecule has 0 aliphatic heterocycles. The zero-order valence-corrected chi connectivity index (χ0v) is 23.3. The number of hydrogen-bond donors (Lipinski definition) is 1. The molecule has 2 aromatic carbocycles. The molecular weight excluding hydrogens is 500 g/mol. The van der Waals surface area contributed by atoms with Crippen LogP contribution in [0.2, 0.25) is 0 Å². The second kappa shape index (κ2) is 12.7. The number of hydrogen-bond acceptors (Lipinski definition) is 7. The number of alkyl halides is 1. The molecule has 0 saturated carbocycles. The first kappa shape index (κ1) is 30.5. The summed E-state index contributed by atoms with van der Waals surface area (Å²) in [5.41, 5.74) is -0.297. The topological polar surface area (TPSA) is 100 Å². The first-order valence-corrected chi connectivity index (χ1v) is 13.5. The van der Waals surface area contributed by atoms with Gasteiger partial charge in [-0.3, -0.25) is 4.57 Å². The van der Waals surface area contributed by atoms with Crippen LogP contribution in [0, 0.1) is 0 Å². The highest BCUT2D eigenvalue weighted by atomic mass is 31.2. The van der Waals surface area contributed by atoms with Crippen molar-refractivity contribution in [3.63, 3.8) is 0 Å². The van der Waals surface area contributed by atoms with Crippen LogP contribution in [0.15, 0.2) is 54.6 Å². The lowest BCUT2D eigenvalue weighted by Crippen LogP contribution is -2.43. The van der Waals surface area contributed by atoms with Gasteiger partial charge in [-0.25, -0.2) is 14.0 Å². The first-order chi connectivity index (χ1) is 17.1. The fourth-order valence-corrected chi connectivity index (χ4v) is 5.63. The van der Waals surface area contributed by atoms with E-state index in [0.29, 0.717) is 5.56 Å². The number of benzene rings is 2. The Morgan fingerprint density at radius 1 is 0.892 bits per heavy atom. The van der Waals surface area contributed by atoms with Gasteiger partial charge in [-0.2, -0.15) is 0 Å². The van der Waals surface area contributed by atoms with E-state index in [1.807, 2.05) is 30.3 Å². The van der Waals surface area contributed by atoms with Crippen molar-refractivity contribution >= 4 is 19.7 Å². The van der Waals surface area contributed by atoms with Crippen molar-refractivity contribution < 1.29 is 37.1 Å². The third-order valence-corrected chi connectivity index (χ3v) is 7.22. The minimum Gasteiger partial charge on any atom is -0.467 e. The number of esters is 1. The minimum atomic E-state index is -4.20. The van der Waals surface area contributed by atoms with E-state index < -0.39 is 42.8 Å². The maximum absolute atomic E-state index is 15.6. The largest absolute Gasteiger partial charge is 0.467 e. The monoisotopic (exact) mass is 537 g/mol. The molecule has 0 fully saturated rings. The van der Waals surface area contributed by atoms with Crippen LogP contribution in [0.1, 0.15) is 64.1 Å². The number of alkyl carbamates (subject to hydrolysis) is 1. The maximum Gasteiger partial charge on any atom is 0.408 e. The summed E-state index contributed by atoms with van der Waals surface area (Å²) >= 11 is 0. The number of amides is 1. The van der Waals surface area contributed by atoms with Gasteiger partial charge in [0.1, 0.15) is 12.6 Å². The molecule has 2 aromatic rings. The van der Waals surface area contributed by atoms with Gasteiger partial charge in [-0.05, 0) is 58.2 Å². The predicted molar refractivity (Wildman–Crippen MR) is 139 cm³/mol. The number of carbonyl (C=O) groups is 2. The summed E-state index contributed by atoms with van der Waals surface area (Å²) in [4.78, 5) is 24.5. The zero-order valence-electron chi connectivity index (χ0n) is 22.4. The van der Waals surface area contributed by atoms with Crippen LogP contribution >= 0.6 is 7.60 Å². The molecule has 1 N–H and O–H groups in total. The van der Waals surface area contributed by atoms with Gasteiger partial charge in [0.25, 0.3) is 0 Å². The molecule has 1 amide bonds. The van der Waals surface area contributed by atoms with E-state index in [1.54, 1.807) is 53.7 Å². The molecule has 0 radical (unpaired) electrons. The molecule has 0 heterocycles. The molecule has 0 saturated heterocycles. The predicted octanol–water partition coefficient (Wildman–Crippen LogP) is 6.49. The molecule has 0 bridgehead atoms. The molecule has 2 atom stereocenters. The molecule has 204 valence electrons. The summed E-state index contributed by atoms with van der Waals surface area (Å²) in [6.45, 7) is 10.1. The van der Waals surface area contributed by atoms with Crippen LogP contribution in [0.5, 0.6) is 0 Å². The number of ether oxygens (including phenoxy) is 2. The zero-order chi connectivity index (χ0) is 27.9. The van der Waals surface area contributed by atoms with Crippen LogP contribution in [-0.4, -0.2) is 36.4 Å². The number of rotatable bonds is 10. The van der Waals surface area contributed by atoms with Crippen molar-refractivity contribution in [2.75, 3.05) is 7.11 Å². The highest BCUT2D eigenvalue weighted by molar-refractivity contribution is 7.54. The second-order valence-corrected chi connectivity index (χ2v) is 12.4. The van der Waals surface area contributed by atoms with Crippen molar-refractivity contribution in [3.05, 3.63) is 71.3 Å². The molecule has 0 aromatic heterocycles. The first-order valence-electron chi connectivity index (χ1n) is 11.9. The second-order valence-electron chi connectivity index (χ2n) is 10.5. The maximum atomic E-state index is 15.6. The van der Waals surface area contributed by atoms with Gasteiger partial charge < -0.3 is 23.8 Å². The van der Waals surface area contributed by atoms with Crippen LogP contribution in [-0.2, 0) is 40.9 Å². The SMILES string of the molecule is COC(=O)C(Cc1ccc(C(F)P(=O)(OC(C)(C)C)OC(C)(C)C)cc1)NC(=O)OCc1ccccc1. The van der Waals surface area contributed by atoms with Crippen molar-refractivity contribution in [2.24, 2.45) is 0 Å². The molecule has 0 spiro atoms. The molecule has 0 aliphatic carbocycles. The molecule has 2 rings (SSSR count). The normalized spacial score (nSPS) is 13.9. The summed E-state index contributed by atoms with van der Waals surface area (Å²) < 4.78 is 50.2.